The zero-order chi connectivity index (χ0) is 26.2. The van der Waals surface area contributed by atoms with Gasteiger partial charge in [-0.3, -0.25) is 13.9 Å². The summed E-state index contributed by atoms with van der Waals surface area (Å²) in [6.45, 7) is 6.00. The molecule has 2 amide bonds. The van der Waals surface area contributed by atoms with E-state index in [2.05, 4.69) is 21.2 Å². The van der Waals surface area contributed by atoms with Crippen LogP contribution in [0, 0.1) is 0 Å². The van der Waals surface area contributed by atoms with Crippen molar-refractivity contribution in [2.24, 2.45) is 0 Å². The van der Waals surface area contributed by atoms with Crippen molar-refractivity contribution in [2.45, 2.75) is 58.7 Å². The molecule has 2 unspecified atom stereocenters. The molecule has 0 aliphatic rings. The summed E-state index contributed by atoms with van der Waals surface area (Å²) in [6.07, 6.45) is 2.30. The van der Waals surface area contributed by atoms with E-state index in [0.717, 1.165) is 22.7 Å². The van der Waals surface area contributed by atoms with Crippen molar-refractivity contribution in [3.05, 3.63) is 63.6 Å². The minimum atomic E-state index is -3.55. The van der Waals surface area contributed by atoms with Gasteiger partial charge in [0.25, 0.3) is 0 Å². The van der Waals surface area contributed by atoms with Crippen LogP contribution < -0.4 is 9.62 Å². The van der Waals surface area contributed by atoms with Crippen LogP contribution in [0.3, 0.4) is 0 Å². The predicted molar refractivity (Wildman–Crippen MR) is 145 cm³/mol. The molecule has 192 valence electrons. The van der Waals surface area contributed by atoms with Gasteiger partial charge in [0.1, 0.15) is 6.04 Å². The number of sulfonamides is 1. The normalized spacial score (nSPS) is 13.1. The number of nitrogens with zero attached hydrogens (tertiary/aromatic N) is 2. The third kappa shape index (κ3) is 9.13. The highest BCUT2D eigenvalue weighted by Gasteiger charge is 2.27. The van der Waals surface area contributed by atoms with Crippen molar-refractivity contribution in [1.82, 2.24) is 10.2 Å². The molecule has 0 saturated heterocycles. The lowest BCUT2D eigenvalue weighted by Gasteiger charge is -2.30. The molecule has 0 heterocycles. The average Bonchev–Trinajstić information content (AvgIpc) is 2.79. The van der Waals surface area contributed by atoms with Crippen LogP contribution in [0.2, 0.25) is 5.02 Å². The standard InChI is InChI=1S/C25H33BrClN3O4S/c1-5-18(2)28-25(32)19(3)29(17-20-8-6-9-21(26)16-20)24(31)10-7-15-30(35(4,33)34)23-13-11-22(27)12-14-23/h6,8-9,11-14,16,18-19H,5,7,10,15,17H2,1-4H3,(H,28,32). The Morgan fingerprint density at radius 3 is 2.34 bits per heavy atom. The molecule has 0 fully saturated rings. The van der Waals surface area contributed by atoms with Crippen LogP contribution in [0.5, 0.6) is 0 Å². The fraction of sp³-hybridized carbons (Fsp3) is 0.440. The molecule has 0 bridgehead atoms. The first-order valence-electron chi connectivity index (χ1n) is 11.5. The second-order valence-corrected chi connectivity index (χ2v) is 11.8. The second kappa shape index (κ2) is 13.3. The molecule has 2 rings (SSSR count). The van der Waals surface area contributed by atoms with E-state index in [1.54, 1.807) is 36.1 Å². The summed E-state index contributed by atoms with van der Waals surface area (Å²) in [5.74, 6) is -0.442. The van der Waals surface area contributed by atoms with Gasteiger partial charge in [0.15, 0.2) is 0 Å². The van der Waals surface area contributed by atoms with E-state index in [0.29, 0.717) is 17.1 Å². The molecule has 0 spiro atoms. The lowest BCUT2D eigenvalue weighted by molar-refractivity contribution is -0.140. The Balaban J connectivity index is 2.16. The van der Waals surface area contributed by atoms with Crippen LogP contribution in [-0.4, -0.2) is 50.0 Å². The third-order valence-electron chi connectivity index (χ3n) is 5.68. The molecule has 10 heteroatoms. The molecule has 1 N–H and O–H groups in total. The van der Waals surface area contributed by atoms with Crippen molar-refractivity contribution in [3.63, 3.8) is 0 Å². The molecule has 0 radical (unpaired) electrons. The molecule has 35 heavy (non-hydrogen) atoms. The maximum absolute atomic E-state index is 13.3. The van der Waals surface area contributed by atoms with Crippen molar-refractivity contribution < 1.29 is 18.0 Å². The third-order valence-corrected chi connectivity index (χ3v) is 7.62. The minimum absolute atomic E-state index is 0.00420. The second-order valence-electron chi connectivity index (χ2n) is 8.56. The maximum atomic E-state index is 13.3. The van der Waals surface area contributed by atoms with Crippen LogP contribution in [0.4, 0.5) is 5.69 Å². The predicted octanol–water partition coefficient (Wildman–Crippen LogP) is 4.98. The number of hydrogen-bond donors (Lipinski definition) is 1. The molecular formula is C25H33BrClN3O4S. The summed E-state index contributed by atoms with van der Waals surface area (Å²) in [7, 11) is -3.55. The molecule has 0 saturated carbocycles. The average molecular weight is 587 g/mol. The molecule has 2 atom stereocenters. The van der Waals surface area contributed by atoms with E-state index in [1.807, 2.05) is 38.1 Å². The Labute approximate surface area is 222 Å². The van der Waals surface area contributed by atoms with Gasteiger partial charge >= 0.3 is 0 Å². The van der Waals surface area contributed by atoms with Crippen molar-refractivity contribution >= 4 is 55.1 Å². The molecule has 2 aromatic carbocycles. The van der Waals surface area contributed by atoms with Gasteiger partial charge in [0.2, 0.25) is 21.8 Å². The molecule has 0 aromatic heterocycles. The number of carbonyl (C=O) groups is 2. The first kappa shape index (κ1) is 29.1. The van der Waals surface area contributed by atoms with E-state index in [4.69, 9.17) is 11.6 Å². The van der Waals surface area contributed by atoms with Crippen LogP contribution >= 0.6 is 27.5 Å². The SMILES string of the molecule is CCC(C)NC(=O)C(C)N(Cc1cccc(Br)c1)C(=O)CCCN(c1ccc(Cl)cc1)S(C)(=O)=O. The highest BCUT2D eigenvalue weighted by atomic mass is 79.9. The first-order chi connectivity index (χ1) is 16.4. The van der Waals surface area contributed by atoms with Crippen molar-refractivity contribution in [3.8, 4) is 0 Å². The van der Waals surface area contributed by atoms with E-state index in [9.17, 15) is 18.0 Å². The van der Waals surface area contributed by atoms with Crippen LogP contribution in [0.1, 0.15) is 45.6 Å². The van der Waals surface area contributed by atoms with Gasteiger partial charge in [0.05, 0.1) is 11.9 Å². The number of halogens is 2. The van der Waals surface area contributed by atoms with E-state index >= 15 is 0 Å². The summed E-state index contributed by atoms with van der Waals surface area (Å²) in [4.78, 5) is 27.7. The fourth-order valence-electron chi connectivity index (χ4n) is 3.49. The highest BCUT2D eigenvalue weighted by molar-refractivity contribution is 9.10. The summed E-state index contributed by atoms with van der Waals surface area (Å²) in [5, 5.41) is 3.45. The van der Waals surface area contributed by atoms with Gasteiger partial charge in [-0.25, -0.2) is 8.42 Å². The number of rotatable bonds is 12. The number of benzene rings is 2. The van der Waals surface area contributed by atoms with Crippen LogP contribution in [-0.2, 0) is 26.2 Å². The lowest BCUT2D eigenvalue weighted by Crippen LogP contribution is -2.49. The first-order valence-corrected chi connectivity index (χ1v) is 14.5. The maximum Gasteiger partial charge on any atom is 0.242 e. The Morgan fingerprint density at radius 2 is 1.77 bits per heavy atom. The molecule has 0 aliphatic heterocycles. The zero-order valence-electron chi connectivity index (χ0n) is 20.5. The largest absolute Gasteiger partial charge is 0.352 e. The minimum Gasteiger partial charge on any atom is -0.352 e. The Kier molecular flexibility index (Phi) is 11.0. The zero-order valence-corrected chi connectivity index (χ0v) is 23.7. The number of amides is 2. The molecular weight excluding hydrogens is 554 g/mol. The Morgan fingerprint density at radius 1 is 1.11 bits per heavy atom. The molecule has 7 nitrogen and oxygen atoms in total. The number of anilines is 1. The fourth-order valence-corrected chi connectivity index (χ4v) is 5.03. The highest BCUT2D eigenvalue weighted by Crippen LogP contribution is 2.22. The summed E-state index contributed by atoms with van der Waals surface area (Å²) >= 11 is 9.38. The topological polar surface area (TPSA) is 86.8 Å². The smallest absolute Gasteiger partial charge is 0.242 e. The number of carbonyl (C=O) groups excluding carboxylic acids is 2. The Hall–Kier alpha value is -2.10. The number of nitrogens with one attached hydrogen (secondary N) is 1. The van der Waals surface area contributed by atoms with Crippen LogP contribution in [0.25, 0.3) is 0 Å². The van der Waals surface area contributed by atoms with E-state index in [1.165, 1.54) is 4.31 Å². The lowest BCUT2D eigenvalue weighted by atomic mass is 10.1. The van der Waals surface area contributed by atoms with Crippen LogP contribution in [0.15, 0.2) is 53.0 Å². The van der Waals surface area contributed by atoms with Gasteiger partial charge in [-0.05, 0) is 68.7 Å². The van der Waals surface area contributed by atoms with Gasteiger partial charge in [-0.15, -0.1) is 0 Å². The van der Waals surface area contributed by atoms with Gasteiger partial charge < -0.3 is 10.2 Å². The molecule has 2 aromatic rings. The van der Waals surface area contributed by atoms with Gasteiger partial charge in [0, 0.05) is 35.0 Å². The van der Waals surface area contributed by atoms with E-state index < -0.39 is 16.1 Å². The van der Waals surface area contributed by atoms with E-state index in [-0.39, 0.29) is 37.4 Å². The monoisotopic (exact) mass is 585 g/mol. The number of hydrogen-bond acceptors (Lipinski definition) is 4. The summed E-state index contributed by atoms with van der Waals surface area (Å²) in [6, 6.07) is 13.4. The molecule has 0 aliphatic carbocycles. The summed E-state index contributed by atoms with van der Waals surface area (Å²) < 4.78 is 26.9. The van der Waals surface area contributed by atoms with Gasteiger partial charge in [-0.1, -0.05) is 46.6 Å². The van der Waals surface area contributed by atoms with Crippen molar-refractivity contribution in [2.75, 3.05) is 17.1 Å². The Bertz CT molecular complexity index is 1110. The van der Waals surface area contributed by atoms with Crippen molar-refractivity contribution in [1.29, 1.82) is 0 Å². The summed E-state index contributed by atoms with van der Waals surface area (Å²) in [5.41, 5.74) is 1.37. The quantitative estimate of drug-likeness (QED) is 0.380. The van der Waals surface area contributed by atoms with Gasteiger partial charge in [-0.2, -0.15) is 0 Å².